The Hall–Kier alpha value is -3.87. The van der Waals surface area contributed by atoms with Crippen LogP contribution in [0.3, 0.4) is 0 Å². The maximum atomic E-state index is 10.6. The quantitative estimate of drug-likeness (QED) is 0.259. The summed E-state index contributed by atoms with van der Waals surface area (Å²) in [5, 5.41) is 15.4. The number of nitrogens with one attached hydrogen (secondary N) is 2. The van der Waals surface area contributed by atoms with Gasteiger partial charge < -0.3 is 20.1 Å². The van der Waals surface area contributed by atoms with Gasteiger partial charge in [0.1, 0.15) is 23.8 Å². The standard InChI is InChI=1S/C27H23ClN4O2/c28-20-12-7-13-22(14-20)34-17-21-15-23-26(29-16-24(33)18-8-3-1-4-9-18)31-25(32-27(23)30-21)19-10-5-2-6-11-19/h1-15,24,33H,16-17H2,(H2,29,30,31,32)/t24-/m0/s1. The Morgan fingerprint density at radius 1 is 0.912 bits per heavy atom. The van der Waals surface area contributed by atoms with E-state index >= 15 is 0 Å². The van der Waals surface area contributed by atoms with Crippen LogP contribution in [-0.2, 0) is 6.61 Å². The van der Waals surface area contributed by atoms with Crippen LogP contribution >= 0.6 is 11.6 Å². The lowest BCUT2D eigenvalue weighted by Gasteiger charge is -2.14. The number of aliphatic hydroxyl groups is 1. The van der Waals surface area contributed by atoms with Gasteiger partial charge in [0.2, 0.25) is 0 Å². The summed E-state index contributed by atoms with van der Waals surface area (Å²) in [7, 11) is 0. The Morgan fingerprint density at radius 3 is 2.44 bits per heavy atom. The van der Waals surface area contributed by atoms with E-state index < -0.39 is 6.10 Å². The topological polar surface area (TPSA) is 83.1 Å². The van der Waals surface area contributed by atoms with Crippen LogP contribution < -0.4 is 10.1 Å². The molecule has 170 valence electrons. The number of benzene rings is 3. The van der Waals surface area contributed by atoms with E-state index in [1.807, 2.05) is 78.9 Å². The molecule has 1 atom stereocenters. The number of ether oxygens (including phenoxy) is 1. The first-order valence-corrected chi connectivity index (χ1v) is 11.3. The third-order valence-electron chi connectivity index (χ3n) is 5.41. The summed E-state index contributed by atoms with van der Waals surface area (Å²) in [6, 6.07) is 28.6. The van der Waals surface area contributed by atoms with E-state index in [0.717, 1.165) is 22.2 Å². The lowest BCUT2D eigenvalue weighted by Crippen LogP contribution is -2.13. The molecule has 0 saturated heterocycles. The Labute approximate surface area is 202 Å². The molecule has 0 saturated carbocycles. The van der Waals surface area contributed by atoms with Gasteiger partial charge in [0.05, 0.1) is 17.2 Å². The number of fused-ring (bicyclic) bond motifs is 1. The van der Waals surface area contributed by atoms with Gasteiger partial charge in [0, 0.05) is 17.1 Å². The van der Waals surface area contributed by atoms with Crippen molar-refractivity contribution < 1.29 is 9.84 Å². The molecular formula is C27H23ClN4O2. The van der Waals surface area contributed by atoms with Crippen molar-refractivity contribution in [1.29, 1.82) is 0 Å². The molecule has 5 aromatic rings. The number of nitrogens with zero attached hydrogens (tertiary/aromatic N) is 2. The molecule has 0 radical (unpaired) electrons. The fraction of sp³-hybridized carbons (Fsp3) is 0.111. The Morgan fingerprint density at radius 2 is 1.68 bits per heavy atom. The first kappa shape index (κ1) is 21.9. The molecule has 0 amide bonds. The molecular weight excluding hydrogens is 448 g/mol. The highest BCUT2D eigenvalue weighted by molar-refractivity contribution is 6.30. The second kappa shape index (κ2) is 9.95. The molecule has 2 aromatic heterocycles. The second-order valence-corrected chi connectivity index (χ2v) is 8.31. The van der Waals surface area contributed by atoms with Gasteiger partial charge in [0.15, 0.2) is 5.82 Å². The van der Waals surface area contributed by atoms with Crippen molar-refractivity contribution in [3.8, 4) is 17.1 Å². The van der Waals surface area contributed by atoms with Crippen molar-refractivity contribution in [1.82, 2.24) is 15.0 Å². The van der Waals surface area contributed by atoms with Gasteiger partial charge in [-0.05, 0) is 29.8 Å². The average Bonchev–Trinajstić information content (AvgIpc) is 3.30. The Bertz CT molecular complexity index is 1390. The van der Waals surface area contributed by atoms with Gasteiger partial charge in [0.25, 0.3) is 0 Å². The molecule has 5 rings (SSSR count). The molecule has 0 fully saturated rings. The normalized spacial score (nSPS) is 11.9. The van der Waals surface area contributed by atoms with Crippen molar-refractivity contribution in [3.05, 3.63) is 107 Å². The summed E-state index contributed by atoms with van der Waals surface area (Å²) in [5.41, 5.74) is 3.28. The van der Waals surface area contributed by atoms with Gasteiger partial charge in [-0.1, -0.05) is 78.3 Å². The molecule has 0 spiro atoms. The molecule has 0 unspecified atom stereocenters. The summed E-state index contributed by atoms with van der Waals surface area (Å²) >= 11 is 6.06. The molecule has 0 aliphatic carbocycles. The largest absolute Gasteiger partial charge is 0.487 e. The van der Waals surface area contributed by atoms with Crippen LogP contribution in [0.5, 0.6) is 5.75 Å². The first-order chi connectivity index (χ1) is 16.7. The zero-order valence-corrected chi connectivity index (χ0v) is 19.0. The van der Waals surface area contributed by atoms with Crippen molar-refractivity contribution in [3.63, 3.8) is 0 Å². The number of anilines is 1. The van der Waals surface area contributed by atoms with Crippen LogP contribution in [-0.4, -0.2) is 26.6 Å². The number of aromatic nitrogens is 3. The lowest BCUT2D eigenvalue weighted by atomic mass is 10.1. The molecule has 7 heteroatoms. The molecule has 3 N–H and O–H groups in total. The summed E-state index contributed by atoms with van der Waals surface area (Å²) in [6.45, 7) is 0.632. The summed E-state index contributed by atoms with van der Waals surface area (Å²) in [5.74, 6) is 1.92. The number of hydrogen-bond acceptors (Lipinski definition) is 5. The fourth-order valence-corrected chi connectivity index (χ4v) is 3.88. The van der Waals surface area contributed by atoms with Gasteiger partial charge in [-0.2, -0.15) is 0 Å². The van der Waals surface area contributed by atoms with E-state index in [0.29, 0.717) is 41.2 Å². The minimum atomic E-state index is -0.670. The SMILES string of the molecule is O[C@@H](CNc1nc(-c2ccccc2)nc2[nH]c(COc3cccc(Cl)c3)cc12)c1ccccc1. The summed E-state index contributed by atoms with van der Waals surface area (Å²) < 4.78 is 5.89. The number of H-pyrrole nitrogens is 1. The average molecular weight is 471 g/mol. The molecule has 34 heavy (non-hydrogen) atoms. The van der Waals surface area contributed by atoms with Crippen molar-refractivity contribution in [2.24, 2.45) is 0 Å². The van der Waals surface area contributed by atoms with Crippen LogP contribution in [0.2, 0.25) is 5.02 Å². The van der Waals surface area contributed by atoms with Crippen LogP contribution in [0.15, 0.2) is 91.0 Å². The van der Waals surface area contributed by atoms with Crippen LogP contribution in [0.4, 0.5) is 5.82 Å². The number of aromatic amines is 1. The third kappa shape index (κ3) is 5.03. The minimum absolute atomic E-state index is 0.309. The van der Waals surface area contributed by atoms with Crippen molar-refractivity contribution in [2.45, 2.75) is 12.7 Å². The van der Waals surface area contributed by atoms with Gasteiger partial charge in [-0.15, -0.1) is 0 Å². The monoisotopic (exact) mass is 470 g/mol. The zero-order valence-electron chi connectivity index (χ0n) is 18.3. The summed E-state index contributed by atoms with van der Waals surface area (Å²) in [4.78, 5) is 12.8. The number of aliphatic hydroxyl groups excluding tert-OH is 1. The third-order valence-corrected chi connectivity index (χ3v) is 5.65. The highest BCUT2D eigenvalue weighted by Gasteiger charge is 2.15. The second-order valence-electron chi connectivity index (χ2n) is 7.87. The number of hydrogen-bond donors (Lipinski definition) is 3. The van der Waals surface area contributed by atoms with Crippen LogP contribution in [0, 0.1) is 0 Å². The van der Waals surface area contributed by atoms with E-state index in [-0.39, 0.29) is 0 Å². The molecule has 3 aromatic carbocycles. The molecule has 0 aliphatic heterocycles. The van der Waals surface area contributed by atoms with Crippen LogP contribution in [0.1, 0.15) is 17.4 Å². The van der Waals surface area contributed by atoms with Gasteiger partial charge in [-0.25, -0.2) is 9.97 Å². The molecule has 0 bridgehead atoms. The Kier molecular flexibility index (Phi) is 6.42. The minimum Gasteiger partial charge on any atom is -0.487 e. The predicted molar refractivity (Wildman–Crippen MR) is 135 cm³/mol. The fourth-order valence-electron chi connectivity index (χ4n) is 3.70. The maximum Gasteiger partial charge on any atom is 0.163 e. The highest BCUT2D eigenvalue weighted by atomic mass is 35.5. The number of halogens is 1. The van der Waals surface area contributed by atoms with E-state index in [1.165, 1.54) is 0 Å². The smallest absolute Gasteiger partial charge is 0.163 e. The van der Waals surface area contributed by atoms with Gasteiger partial charge >= 0.3 is 0 Å². The summed E-state index contributed by atoms with van der Waals surface area (Å²) in [6.07, 6.45) is -0.670. The van der Waals surface area contributed by atoms with E-state index in [9.17, 15) is 5.11 Å². The zero-order chi connectivity index (χ0) is 23.3. The Balaban J connectivity index is 1.44. The van der Waals surface area contributed by atoms with E-state index in [1.54, 1.807) is 12.1 Å². The van der Waals surface area contributed by atoms with Gasteiger partial charge in [-0.3, -0.25) is 0 Å². The molecule has 6 nitrogen and oxygen atoms in total. The lowest BCUT2D eigenvalue weighted by molar-refractivity contribution is 0.191. The van der Waals surface area contributed by atoms with Crippen molar-refractivity contribution in [2.75, 3.05) is 11.9 Å². The van der Waals surface area contributed by atoms with Crippen LogP contribution in [0.25, 0.3) is 22.4 Å². The molecule has 0 aliphatic rings. The predicted octanol–water partition coefficient (Wildman–Crippen LogP) is 6.00. The van der Waals surface area contributed by atoms with Crippen molar-refractivity contribution >= 4 is 28.5 Å². The molecule has 2 heterocycles. The number of rotatable bonds is 8. The first-order valence-electron chi connectivity index (χ1n) is 11.0. The maximum absolute atomic E-state index is 10.6. The highest BCUT2D eigenvalue weighted by Crippen LogP contribution is 2.27. The van der Waals surface area contributed by atoms with E-state index in [4.69, 9.17) is 26.3 Å². The van der Waals surface area contributed by atoms with E-state index in [2.05, 4.69) is 10.3 Å².